The highest BCUT2D eigenvalue weighted by molar-refractivity contribution is 7.88. The molecule has 2 aliphatic rings. The molecule has 108 valence electrons. The smallest absolute Gasteiger partial charge is 0.211 e. The van der Waals surface area contributed by atoms with Gasteiger partial charge in [-0.2, -0.15) is 0 Å². The molecule has 2 rings (SSSR count). The van der Waals surface area contributed by atoms with Crippen LogP contribution in [0.3, 0.4) is 0 Å². The average molecular weight is 276 g/mol. The highest BCUT2D eigenvalue weighted by Crippen LogP contribution is 2.40. The second kappa shape index (κ2) is 6.35. The van der Waals surface area contributed by atoms with Gasteiger partial charge < -0.3 is 4.90 Å². The summed E-state index contributed by atoms with van der Waals surface area (Å²) in [6.07, 6.45) is 4.70. The summed E-state index contributed by atoms with van der Waals surface area (Å²) in [5, 5.41) is 0. The van der Waals surface area contributed by atoms with Crippen LogP contribution in [-0.4, -0.2) is 56.6 Å². The predicted molar refractivity (Wildman–Crippen MR) is 76.2 cm³/mol. The van der Waals surface area contributed by atoms with Gasteiger partial charge in [0.25, 0.3) is 0 Å². The second-order valence-corrected chi connectivity index (χ2v) is 7.26. The number of likely N-dealkylation sites (tertiary alicyclic amines) is 1. The van der Waals surface area contributed by atoms with Gasteiger partial charge in [-0.05, 0) is 44.3 Å². The van der Waals surface area contributed by atoms with Crippen molar-refractivity contribution in [2.75, 3.05) is 39.0 Å². The van der Waals surface area contributed by atoms with E-state index in [-0.39, 0.29) is 5.41 Å². The Morgan fingerprint density at radius 1 is 1.06 bits per heavy atom. The minimum Gasteiger partial charge on any atom is -0.304 e. The third kappa shape index (κ3) is 3.68. The van der Waals surface area contributed by atoms with E-state index in [4.69, 9.17) is 0 Å². The Morgan fingerprint density at radius 3 is 1.94 bits per heavy atom. The van der Waals surface area contributed by atoms with Gasteiger partial charge in [-0.1, -0.05) is 20.8 Å². The van der Waals surface area contributed by atoms with Gasteiger partial charge in [-0.15, -0.1) is 0 Å². The van der Waals surface area contributed by atoms with Gasteiger partial charge in [0.2, 0.25) is 10.0 Å². The van der Waals surface area contributed by atoms with E-state index in [1.54, 1.807) is 4.31 Å². The first-order chi connectivity index (χ1) is 8.45. The highest BCUT2D eigenvalue weighted by Gasteiger charge is 2.42. The van der Waals surface area contributed by atoms with Crippen LogP contribution in [-0.2, 0) is 10.0 Å². The summed E-state index contributed by atoms with van der Waals surface area (Å²) in [4.78, 5) is 2.45. The molecule has 0 N–H and O–H groups in total. The standard InChI is InChI=1S/C11H22N2O2S.C2H6/c1-3-12-7-4-11(5-8-12)6-9-13(10-11)16(2,14)15;1-2/h3-10H2,1-2H3;1-2H3. The van der Waals surface area contributed by atoms with Crippen molar-refractivity contribution in [2.45, 2.75) is 40.0 Å². The van der Waals surface area contributed by atoms with Gasteiger partial charge >= 0.3 is 0 Å². The Bertz CT molecular complexity index is 346. The first kappa shape index (κ1) is 15.9. The largest absolute Gasteiger partial charge is 0.304 e. The lowest BCUT2D eigenvalue weighted by molar-refractivity contribution is 0.119. The third-order valence-corrected chi connectivity index (χ3v) is 5.49. The van der Waals surface area contributed by atoms with Crippen LogP contribution < -0.4 is 0 Å². The quantitative estimate of drug-likeness (QED) is 0.772. The lowest BCUT2D eigenvalue weighted by atomic mass is 9.78. The molecule has 0 saturated carbocycles. The fourth-order valence-electron chi connectivity index (χ4n) is 2.93. The zero-order valence-electron chi connectivity index (χ0n) is 12.3. The van der Waals surface area contributed by atoms with Crippen LogP contribution in [0.2, 0.25) is 0 Å². The molecule has 0 aromatic heterocycles. The molecule has 0 unspecified atom stereocenters. The van der Waals surface area contributed by atoms with Crippen molar-refractivity contribution in [3.8, 4) is 0 Å². The Labute approximate surface area is 112 Å². The van der Waals surface area contributed by atoms with Crippen LogP contribution in [0.5, 0.6) is 0 Å². The van der Waals surface area contributed by atoms with Gasteiger partial charge in [0, 0.05) is 13.1 Å². The van der Waals surface area contributed by atoms with Crippen LogP contribution in [0.1, 0.15) is 40.0 Å². The maximum Gasteiger partial charge on any atom is 0.211 e. The molecular formula is C13H28N2O2S. The molecular weight excluding hydrogens is 248 g/mol. The van der Waals surface area contributed by atoms with E-state index in [2.05, 4.69) is 11.8 Å². The molecule has 0 amide bonds. The van der Waals surface area contributed by atoms with Crippen LogP contribution in [0, 0.1) is 5.41 Å². The molecule has 2 heterocycles. The minimum absolute atomic E-state index is 0.286. The number of rotatable bonds is 2. The number of hydrogen-bond acceptors (Lipinski definition) is 3. The van der Waals surface area contributed by atoms with Crippen molar-refractivity contribution in [2.24, 2.45) is 5.41 Å². The second-order valence-electron chi connectivity index (χ2n) is 5.28. The predicted octanol–water partition coefficient (Wildman–Crippen LogP) is 1.78. The van der Waals surface area contributed by atoms with Crippen molar-refractivity contribution in [1.29, 1.82) is 0 Å². The number of sulfonamides is 1. The lowest BCUT2D eigenvalue weighted by Gasteiger charge is -2.38. The summed E-state index contributed by atoms with van der Waals surface area (Å²) in [7, 11) is -2.98. The Balaban J connectivity index is 0.000000771. The van der Waals surface area contributed by atoms with Crippen LogP contribution >= 0.6 is 0 Å². The SMILES string of the molecule is CC.CCN1CCC2(CC1)CCN(S(C)(=O)=O)C2. The van der Waals surface area contributed by atoms with Crippen molar-refractivity contribution < 1.29 is 8.42 Å². The van der Waals surface area contributed by atoms with E-state index >= 15 is 0 Å². The van der Waals surface area contributed by atoms with E-state index in [9.17, 15) is 8.42 Å². The van der Waals surface area contributed by atoms with Gasteiger partial charge in [0.05, 0.1) is 6.26 Å². The maximum absolute atomic E-state index is 11.5. The first-order valence-electron chi connectivity index (χ1n) is 7.13. The monoisotopic (exact) mass is 276 g/mol. The molecule has 0 bridgehead atoms. The summed E-state index contributed by atoms with van der Waals surface area (Å²) in [5.41, 5.74) is 0.286. The molecule has 1 spiro atoms. The van der Waals surface area contributed by atoms with Gasteiger partial charge in [-0.3, -0.25) is 0 Å². The Morgan fingerprint density at radius 2 is 1.56 bits per heavy atom. The van der Waals surface area contributed by atoms with Crippen molar-refractivity contribution >= 4 is 10.0 Å². The van der Waals surface area contributed by atoms with Gasteiger partial charge in [0.1, 0.15) is 0 Å². The van der Waals surface area contributed by atoms with Gasteiger partial charge in [-0.25, -0.2) is 12.7 Å². The summed E-state index contributed by atoms with van der Waals surface area (Å²) >= 11 is 0. The highest BCUT2D eigenvalue weighted by atomic mass is 32.2. The molecule has 0 radical (unpaired) electrons. The van der Waals surface area contributed by atoms with E-state index < -0.39 is 10.0 Å². The normalized spacial score (nSPS) is 24.9. The van der Waals surface area contributed by atoms with E-state index in [0.29, 0.717) is 0 Å². The zero-order valence-corrected chi connectivity index (χ0v) is 13.1. The average Bonchev–Trinajstić information content (AvgIpc) is 2.77. The number of nitrogens with zero attached hydrogens (tertiary/aromatic N) is 2. The summed E-state index contributed by atoms with van der Waals surface area (Å²) in [6, 6.07) is 0. The number of piperidine rings is 1. The zero-order chi connectivity index (χ0) is 13.8. The molecule has 5 heteroatoms. The topological polar surface area (TPSA) is 40.6 Å². The van der Waals surface area contributed by atoms with E-state index in [1.807, 2.05) is 13.8 Å². The number of hydrogen-bond donors (Lipinski definition) is 0. The summed E-state index contributed by atoms with van der Waals surface area (Å²) in [6.45, 7) is 11.1. The van der Waals surface area contributed by atoms with Crippen LogP contribution in [0.4, 0.5) is 0 Å². The fourth-order valence-corrected chi connectivity index (χ4v) is 3.86. The molecule has 2 saturated heterocycles. The van der Waals surface area contributed by atoms with Crippen molar-refractivity contribution in [1.82, 2.24) is 9.21 Å². The first-order valence-corrected chi connectivity index (χ1v) is 8.97. The Kier molecular flexibility index (Phi) is 5.62. The molecule has 18 heavy (non-hydrogen) atoms. The summed E-state index contributed by atoms with van der Waals surface area (Å²) < 4.78 is 24.7. The molecule has 0 aromatic carbocycles. The maximum atomic E-state index is 11.5. The van der Waals surface area contributed by atoms with E-state index in [1.165, 1.54) is 6.26 Å². The molecule has 4 nitrogen and oxygen atoms in total. The fraction of sp³-hybridized carbons (Fsp3) is 1.00. The van der Waals surface area contributed by atoms with Crippen molar-refractivity contribution in [3.63, 3.8) is 0 Å². The minimum atomic E-state index is -2.98. The molecule has 2 fully saturated rings. The Hall–Kier alpha value is -0.130. The van der Waals surface area contributed by atoms with Crippen LogP contribution in [0.25, 0.3) is 0 Å². The molecule has 0 atom stereocenters. The molecule has 0 aromatic rings. The van der Waals surface area contributed by atoms with Gasteiger partial charge in [0.15, 0.2) is 0 Å². The molecule has 0 aliphatic carbocycles. The van der Waals surface area contributed by atoms with E-state index in [0.717, 1.165) is 52.0 Å². The third-order valence-electron chi connectivity index (χ3n) is 4.24. The molecule has 2 aliphatic heterocycles. The van der Waals surface area contributed by atoms with Crippen molar-refractivity contribution in [3.05, 3.63) is 0 Å². The summed E-state index contributed by atoms with van der Waals surface area (Å²) in [5.74, 6) is 0. The lowest BCUT2D eigenvalue weighted by Crippen LogP contribution is -2.41. The van der Waals surface area contributed by atoms with Crippen LogP contribution in [0.15, 0.2) is 0 Å².